The normalized spacial score (nSPS) is 10.5. The van der Waals surface area contributed by atoms with Crippen LogP contribution in [0, 0.1) is 5.82 Å². The van der Waals surface area contributed by atoms with Crippen molar-refractivity contribution in [3.63, 3.8) is 0 Å². The van der Waals surface area contributed by atoms with E-state index in [4.69, 9.17) is 0 Å². The fourth-order valence-corrected chi connectivity index (χ4v) is 2.94. The highest BCUT2D eigenvalue weighted by Gasteiger charge is 2.09. The number of rotatable bonds is 8. The zero-order chi connectivity index (χ0) is 19.8. The van der Waals surface area contributed by atoms with Gasteiger partial charge in [0.25, 0.3) is 0 Å². The molecule has 0 aliphatic carbocycles. The van der Waals surface area contributed by atoms with Crippen molar-refractivity contribution in [1.82, 2.24) is 5.32 Å². The van der Waals surface area contributed by atoms with Crippen LogP contribution in [0.4, 0.5) is 4.39 Å². The number of hydrogen-bond acceptors (Lipinski definition) is 2. The first-order chi connectivity index (χ1) is 13.6. The van der Waals surface area contributed by atoms with Crippen molar-refractivity contribution >= 4 is 11.7 Å². The molecule has 0 heterocycles. The molecule has 28 heavy (non-hydrogen) atoms. The Morgan fingerprint density at radius 1 is 0.750 bits per heavy atom. The molecule has 4 heteroatoms. The summed E-state index contributed by atoms with van der Waals surface area (Å²) in [5.41, 5.74) is 3.72. The van der Waals surface area contributed by atoms with E-state index in [-0.39, 0.29) is 30.3 Å². The Kier molecular flexibility index (Phi) is 6.68. The van der Waals surface area contributed by atoms with Gasteiger partial charge in [-0.05, 0) is 35.2 Å². The van der Waals surface area contributed by atoms with Gasteiger partial charge in [0.2, 0.25) is 5.91 Å². The van der Waals surface area contributed by atoms with Gasteiger partial charge in [-0.3, -0.25) is 9.59 Å². The Morgan fingerprint density at radius 3 is 2.07 bits per heavy atom. The number of hydrogen-bond donors (Lipinski definition) is 1. The van der Waals surface area contributed by atoms with Gasteiger partial charge in [0, 0.05) is 24.9 Å². The topological polar surface area (TPSA) is 46.2 Å². The van der Waals surface area contributed by atoms with Crippen LogP contribution in [0.3, 0.4) is 0 Å². The first-order valence-electron chi connectivity index (χ1n) is 9.31. The quantitative estimate of drug-likeness (QED) is 0.574. The van der Waals surface area contributed by atoms with Crippen molar-refractivity contribution in [3.05, 3.63) is 95.8 Å². The summed E-state index contributed by atoms with van der Waals surface area (Å²) in [6, 6.07) is 23.6. The van der Waals surface area contributed by atoms with Gasteiger partial charge in [0.1, 0.15) is 5.82 Å². The van der Waals surface area contributed by atoms with E-state index in [9.17, 15) is 14.0 Å². The fourth-order valence-electron chi connectivity index (χ4n) is 2.94. The molecular weight excluding hydrogens is 353 g/mol. The lowest BCUT2D eigenvalue weighted by Crippen LogP contribution is -2.26. The molecule has 142 valence electrons. The Labute approximate surface area is 164 Å². The predicted molar refractivity (Wildman–Crippen MR) is 109 cm³/mol. The SMILES string of the molecule is O=C(CCC(=O)c1ccc(-c2ccccc2)cc1)NCCc1ccc(F)cc1. The van der Waals surface area contributed by atoms with E-state index in [0.717, 1.165) is 16.7 Å². The lowest BCUT2D eigenvalue weighted by molar-refractivity contribution is -0.121. The third-order valence-corrected chi connectivity index (χ3v) is 4.54. The van der Waals surface area contributed by atoms with Crippen LogP contribution < -0.4 is 5.32 Å². The lowest BCUT2D eigenvalue weighted by atomic mass is 10.0. The van der Waals surface area contributed by atoms with E-state index in [1.54, 1.807) is 24.3 Å². The third kappa shape index (κ3) is 5.61. The highest BCUT2D eigenvalue weighted by molar-refractivity contribution is 5.98. The Bertz CT molecular complexity index is 919. The maximum Gasteiger partial charge on any atom is 0.220 e. The van der Waals surface area contributed by atoms with Gasteiger partial charge in [0.15, 0.2) is 5.78 Å². The van der Waals surface area contributed by atoms with Crippen LogP contribution in [0.25, 0.3) is 11.1 Å². The summed E-state index contributed by atoms with van der Waals surface area (Å²) in [5.74, 6) is -0.479. The lowest BCUT2D eigenvalue weighted by Gasteiger charge is -2.06. The summed E-state index contributed by atoms with van der Waals surface area (Å²) in [7, 11) is 0. The fraction of sp³-hybridized carbons (Fsp3) is 0.167. The summed E-state index contributed by atoms with van der Waals surface area (Å²) in [5, 5.41) is 2.80. The van der Waals surface area contributed by atoms with E-state index in [1.165, 1.54) is 12.1 Å². The van der Waals surface area contributed by atoms with E-state index in [0.29, 0.717) is 18.5 Å². The van der Waals surface area contributed by atoms with Crippen molar-refractivity contribution in [1.29, 1.82) is 0 Å². The molecule has 3 nitrogen and oxygen atoms in total. The van der Waals surface area contributed by atoms with Gasteiger partial charge in [0.05, 0.1) is 0 Å². The molecule has 0 spiro atoms. The minimum Gasteiger partial charge on any atom is -0.356 e. The number of benzene rings is 3. The molecular formula is C24H22FNO2. The molecule has 0 radical (unpaired) electrons. The minimum absolute atomic E-state index is 0.0479. The summed E-state index contributed by atoms with van der Waals surface area (Å²) in [6.45, 7) is 0.463. The summed E-state index contributed by atoms with van der Waals surface area (Å²) in [4.78, 5) is 24.2. The maximum atomic E-state index is 12.9. The summed E-state index contributed by atoms with van der Waals surface area (Å²) < 4.78 is 12.9. The van der Waals surface area contributed by atoms with E-state index >= 15 is 0 Å². The second-order valence-corrected chi connectivity index (χ2v) is 6.59. The zero-order valence-electron chi connectivity index (χ0n) is 15.5. The molecule has 0 aliphatic rings. The van der Waals surface area contributed by atoms with E-state index < -0.39 is 0 Å². The smallest absolute Gasteiger partial charge is 0.220 e. The van der Waals surface area contributed by atoms with Crippen LogP contribution in [0.1, 0.15) is 28.8 Å². The number of halogens is 1. The number of nitrogens with one attached hydrogen (secondary N) is 1. The average molecular weight is 375 g/mol. The Morgan fingerprint density at radius 2 is 1.39 bits per heavy atom. The van der Waals surface area contributed by atoms with Gasteiger partial charge in [-0.25, -0.2) is 4.39 Å². The monoisotopic (exact) mass is 375 g/mol. The van der Waals surface area contributed by atoms with Crippen molar-refractivity contribution in [2.75, 3.05) is 6.54 Å². The van der Waals surface area contributed by atoms with Gasteiger partial charge >= 0.3 is 0 Å². The summed E-state index contributed by atoms with van der Waals surface area (Å²) in [6.07, 6.45) is 0.955. The van der Waals surface area contributed by atoms with Crippen LogP contribution >= 0.6 is 0 Å². The molecule has 0 saturated heterocycles. The first kappa shape index (κ1) is 19.5. The van der Waals surface area contributed by atoms with Gasteiger partial charge in [-0.15, -0.1) is 0 Å². The standard InChI is InChI=1S/C24H22FNO2/c25-22-12-6-18(7-13-22)16-17-26-24(28)15-14-23(27)21-10-8-20(9-11-21)19-4-2-1-3-5-19/h1-13H,14-17H2,(H,26,28). The molecule has 0 unspecified atom stereocenters. The van der Waals surface area contributed by atoms with Crippen molar-refractivity contribution in [2.45, 2.75) is 19.3 Å². The molecule has 0 aliphatic heterocycles. The molecule has 0 saturated carbocycles. The number of ketones is 1. The number of carbonyl (C=O) groups is 2. The van der Waals surface area contributed by atoms with Gasteiger partial charge in [-0.2, -0.15) is 0 Å². The summed E-state index contributed by atoms with van der Waals surface area (Å²) >= 11 is 0. The Balaban J connectivity index is 1.43. The van der Waals surface area contributed by atoms with Crippen LogP contribution in [0.2, 0.25) is 0 Å². The van der Waals surface area contributed by atoms with E-state index in [1.807, 2.05) is 42.5 Å². The average Bonchev–Trinajstić information content (AvgIpc) is 2.74. The van der Waals surface area contributed by atoms with Gasteiger partial charge in [-0.1, -0.05) is 66.7 Å². The number of carbonyl (C=O) groups excluding carboxylic acids is 2. The first-order valence-corrected chi connectivity index (χ1v) is 9.31. The number of Topliss-reactive ketones (excluding diaryl/α,β-unsaturated/α-hetero) is 1. The van der Waals surface area contributed by atoms with Crippen LogP contribution in [0.5, 0.6) is 0 Å². The second-order valence-electron chi connectivity index (χ2n) is 6.59. The predicted octanol–water partition coefficient (Wildman–Crippen LogP) is 4.81. The molecule has 0 aromatic heterocycles. The van der Waals surface area contributed by atoms with Crippen LogP contribution in [-0.4, -0.2) is 18.2 Å². The zero-order valence-corrected chi connectivity index (χ0v) is 15.5. The molecule has 3 aromatic carbocycles. The van der Waals surface area contributed by atoms with Gasteiger partial charge < -0.3 is 5.32 Å². The van der Waals surface area contributed by atoms with Crippen molar-refractivity contribution in [2.24, 2.45) is 0 Å². The van der Waals surface area contributed by atoms with Crippen LogP contribution in [0.15, 0.2) is 78.9 Å². The number of amides is 1. The molecule has 3 aromatic rings. The van der Waals surface area contributed by atoms with Crippen molar-refractivity contribution in [3.8, 4) is 11.1 Å². The molecule has 0 atom stereocenters. The molecule has 0 bridgehead atoms. The molecule has 3 rings (SSSR count). The highest BCUT2D eigenvalue weighted by Crippen LogP contribution is 2.19. The largest absolute Gasteiger partial charge is 0.356 e. The molecule has 0 fully saturated rings. The van der Waals surface area contributed by atoms with Crippen LogP contribution in [-0.2, 0) is 11.2 Å². The highest BCUT2D eigenvalue weighted by atomic mass is 19.1. The third-order valence-electron chi connectivity index (χ3n) is 4.54. The molecule has 1 amide bonds. The van der Waals surface area contributed by atoms with E-state index in [2.05, 4.69) is 5.32 Å². The molecule has 1 N–H and O–H groups in total. The minimum atomic E-state index is -0.275. The van der Waals surface area contributed by atoms with Crippen molar-refractivity contribution < 1.29 is 14.0 Å². The second kappa shape index (κ2) is 9.60. The Hall–Kier alpha value is -3.27. The maximum absolute atomic E-state index is 12.9.